The molecule has 0 aromatic rings. The number of esters is 1. The first-order chi connectivity index (χ1) is 12.1. The summed E-state index contributed by atoms with van der Waals surface area (Å²) in [5.74, 6) is -2.48. The highest BCUT2D eigenvalue weighted by molar-refractivity contribution is 5.99. The average molecular weight is 360 g/mol. The van der Waals surface area contributed by atoms with E-state index >= 15 is 0 Å². The molecule has 26 heavy (non-hydrogen) atoms. The lowest BCUT2D eigenvalue weighted by molar-refractivity contribution is -0.220. The van der Waals surface area contributed by atoms with Crippen LogP contribution in [0, 0.1) is 5.92 Å². The maximum Gasteiger partial charge on any atom is 0.334 e. The van der Waals surface area contributed by atoms with E-state index in [9.17, 15) is 14.7 Å². The summed E-state index contributed by atoms with van der Waals surface area (Å²) in [6, 6.07) is 0. The normalized spacial score (nSPS) is 44.8. The minimum absolute atomic E-state index is 0.164. The van der Waals surface area contributed by atoms with Crippen LogP contribution in [0.3, 0.4) is 0 Å². The van der Waals surface area contributed by atoms with Crippen molar-refractivity contribution in [2.24, 2.45) is 5.92 Å². The summed E-state index contributed by atoms with van der Waals surface area (Å²) in [6.45, 7) is 9.37. The fourth-order valence-corrected chi connectivity index (χ4v) is 4.40. The van der Waals surface area contributed by atoms with Crippen LogP contribution in [0.2, 0.25) is 0 Å². The summed E-state index contributed by atoms with van der Waals surface area (Å²) in [5.41, 5.74) is 1.17. The molecule has 0 amide bonds. The fourth-order valence-electron chi connectivity index (χ4n) is 4.40. The van der Waals surface area contributed by atoms with Gasteiger partial charge in [0, 0.05) is 17.9 Å². The van der Waals surface area contributed by atoms with Crippen LogP contribution >= 0.6 is 0 Å². The van der Waals surface area contributed by atoms with Gasteiger partial charge in [0.2, 0.25) is 5.79 Å². The second-order valence-electron chi connectivity index (χ2n) is 8.12. The smallest absolute Gasteiger partial charge is 0.334 e. The zero-order valence-electron chi connectivity index (χ0n) is 15.3. The summed E-state index contributed by atoms with van der Waals surface area (Å²) < 4.78 is 17.2. The average Bonchev–Trinajstić information content (AvgIpc) is 3.09. The molecule has 140 valence electrons. The number of rotatable bonds is 1. The molecule has 0 aromatic carbocycles. The lowest BCUT2D eigenvalue weighted by Gasteiger charge is -2.38. The monoisotopic (exact) mass is 360 g/mol. The van der Waals surface area contributed by atoms with Crippen molar-refractivity contribution < 1.29 is 28.9 Å². The maximum absolute atomic E-state index is 12.7. The molecule has 0 radical (unpaired) electrons. The van der Waals surface area contributed by atoms with E-state index in [2.05, 4.69) is 6.58 Å². The molecule has 6 atom stereocenters. The summed E-state index contributed by atoms with van der Waals surface area (Å²) in [4.78, 5) is 24.9. The van der Waals surface area contributed by atoms with Gasteiger partial charge in [0.1, 0.15) is 23.9 Å². The Morgan fingerprint density at radius 2 is 2.08 bits per heavy atom. The van der Waals surface area contributed by atoms with Gasteiger partial charge in [0.05, 0.1) is 0 Å². The minimum Gasteiger partial charge on any atom is -0.455 e. The molecule has 1 saturated heterocycles. The molecule has 0 spiro atoms. The number of aliphatic hydroxyl groups is 1. The molecule has 0 aliphatic carbocycles. The number of carbonyl (C=O) groups excluding carboxylic acids is 2. The molecule has 1 N–H and O–H groups in total. The largest absolute Gasteiger partial charge is 0.455 e. The molecule has 4 bridgehead atoms. The topological polar surface area (TPSA) is 85.4 Å². The molecule has 0 saturated carbocycles. The van der Waals surface area contributed by atoms with Crippen molar-refractivity contribution in [1.82, 2.24) is 0 Å². The van der Waals surface area contributed by atoms with E-state index < -0.39 is 23.6 Å². The molecule has 4 aliphatic rings. The third kappa shape index (κ3) is 2.68. The van der Waals surface area contributed by atoms with Crippen LogP contribution < -0.4 is 0 Å². The second kappa shape index (κ2) is 5.62. The second-order valence-corrected chi connectivity index (χ2v) is 8.12. The number of fused-ring (bicyclic) bond motifs is 5. The van der Waals surface area contributed by atoms with E-state index in [0.717, 1.165) is 5.57 Å². The number of ether oxygens (including phenoxy) is 3. The Morgan fingerprint density at radius 1 is 1.35 bits per heavy atom. The lowest BCUT2D eigenvalue weighted by atomic mass is 9.82. The van der Waals surface area contributed by atoms with Gasteiger partial charge in [-0.3, -0.25) is 4.79 Å². The van der Waals surface area contributed by atoms with Gasteiger partial charge in [-0.05, 0) is 51.3 Å². The molecule has 1 fully saturated rings. The molecule has 6 unspecified atom stereocenters. The van der Waals surface area contributed by atoms with Gasteiger partial charge in [0.25, 0.3) is 0 Å². The Bertz CT molecular complexity index is 764. The Labute approximate surface area is 152 Å². The third-order valence-electron chi connectivity index (χ3n) is 5.88. The molecule has 4 aliphatic heterocycles. The summed E-state index contributed by atoms with van der Waals surface area (Å²) in [5, 5.41) is 11.1. The van der Waals surface area contributed by atoms with Gasteiger partial charge in [-0.2, -0.15) is 0 Å². The van der Waals surface area contributed by atoms with Crippen LogP contribution in [0.1, 0.15) is 40.0 Å². The van der Waals surface area contributed by atoms with Crippen molar-refractivity contribution in [3.05, 3.63) is 35.5 Å². The number of hydrogen-bond donors (Lipinski definition) is 1. The van der Waals surface area contributed by atoms with Crippen LogP contribution in [-0.4, -0.2) is 46.6 Å². The van der Waals surface area contributed by atoms with Gasteiger partial charge < -0.3 is 19.3 Å². The number of carbonyl (C=O) groups is 2. The first kappa shape index (κ1) is 17.6. The van der Waals surface area contributed by atoms with Gasteiger partial charge in [-0.1, -0.05) is 12.2 Å². The van der Waals surface area contributed by atoms with E-state index in [1.807, 2.05) is 19.9 Å². The molecule has 6 heteroatoms. The molecule has 4 heterocycles. The molecular weight excluding hydrogens is 336 g/mol. The molecule has 0 aromatic heterocycles. The number of Topliss-reactive ketones (excluding diaryl/α,β-unsaturated/α-hetero) is 1. The van der Waals surface area contributed by atoms with E-state index in [0.29, 0.717) is 30.4 Å². The van der Waals surface area contributed by atoms with Crippen LogP contribution in [0.25, 0.3) is 0 Å². The first-order valence-electron chi connectivity index (χ1n) is 9.02. The van der Waals surface area contributed by atoms with E-state index in [1.54, 1.807) is 6.92 Å². The SMILES string of the molecule is C=C(C)C1CCC2=CC(CC3(C)OC3C3(O)C=C(C)C(=O)C1O3)OC2=O. The summed E-state index contributed by atoms with van der Waals surface area (Å²) >= 11 is 0. The van der Waals surface area contributed by atoms with Crippen molar-refractivity contribution in [2.75, 3.05) is 0 Å². The highest BCUT2D eigenvalue weighted by atomic mass is 16.7. The molecular formula is C20H24O6. The van der Waals surface area contributed by atoms with Crippen molar-refractivity contribution in [1.29, 1.82) is 0 Å². The lowest BCUT2D eigenvalue weighted by Crippen LogP contribution is -2.51. The van der Waals surface area contributed by atoms with Gasteiger partial charge in [0.15, 0.2) is 5.78 Å². The van der Waals surface area contributed by atoms with E-state index in [1.165, 1.54) is 6.08 Å². The van der Waals surface area contributed by atoms with Crippen LogP contribution in [0.15, 0.2) is 35.5 Å². The predicted octanol–water partition coefficient (Wildman–Crippen LogP) is 1.97. The van der Waals surface area contributed by atoms with Crippen molar-refractivity contribution in [3.8, 4) is 0 Å². The highest BCUT2D eigenvalue weighted by Gasteiger charge is 2.66. The summed E-state index contributed by atoms with van der Waals surface area (Å²) in [6.07, 6.45) is 2.88. The van der Waals surface area contributed by atoms with Crippen molar-refractivity contribution in [3.63, 3.8) is 0 Å². The quantitative estimate of drug-likeness (QED) is 0.437. The van der Waals surface area contributed by atoms with Gasteiger partial charge in [-0.25, -0.2) is 4.79 Å². The third-order valence-corrected chi connectivity index (χ3v) is 5.88. The van der Waals surface area contributed by atoms with Crippen molar-refractivity contribution in [2.45, 2.75) is 69.7 Å². The van der Waals surface area contributed by atoms with E-state index in [4.69, 9.17) is 14.2 Å². The van der Waals surface area contributed by atoms with Crippen molar-refractivity contribution >= 4 is 11.8 Å². The van der Waals surface area contributed by atoms with Crippen LogP contribution in [0.4, 0.5) is 0 Å². The number of epoxide rings is 1. The van der Waals surface area contributed by atoms with Crippen LogP contribution in [-0.2, 0) is 23.8 Å². The molecule has 6 nitrogen and oxygen atoms in total. The number of hydrogen-bond acceptors (Lipinski definition) is 6. The standard InChI is InChI=1S/C20H24O6/c1-10(2)14-6-5-12-7-13(24-17(12)22)9-19(4)18(26-19)20(23)8-11(3)15(21)16(14)25-20/h7-8,13-14,16,18,23H,1,5-6,9H2,2-4H3. The number of ketones is 1. The maximum atomic E-state index is 12.7. The Hall–Kier alpha value is -1.76. The first-order valence-corrected chi connectivity index (χ1v) is 9.02. The Kier molecular flexibility index (Phi) is 3.81. The highest BCUT2D eigenvalue weighted by Crippen LogP contribution is 2.51. The molecule has 4 rings (SSSR count). The van der Waals surface area contributed by atoms with Gasteiger partial charge >= 0.3 is 5.97 Å². The minimum atomic E-state index is -1.68. The van der Waals surface area contributed by atoms with E-state index in [-0.39, 0.29) is 23.8 Å². The van der Waals surface area contributed by atoms with Gasteiger partial charge in [-0.15, -0.1) is 0 Å². The zero-order valence-corrected chi connectivity index (χ0v) is 15.3. The zero-order chi connectivity index (χ0) is 18.9. The Balaban J connectivity index is 1.76. The Morgan fingerprint density at radius 3 is 2.77 bits per heavy atom. The predicted molar refractivity (Wildman–Crippen MR) is 92.0 cm³/mol. The van der Waals surface area contributed by atoms with Crippen LogP contribution in [0.5, 0.6) is 0 Å². The summed E-state index contributed by atoms with van der Waals surface area (Å²) in [7, 11) is 0. The fraction of sp³-hybridized carbons (Fsp3) is 0.600.